The zero-order chi connectivity index (χ0) is 20.4. The molecule has 0 aliphatic carbocycles. The largest absolute Gasteiger partial charge is 0.350 e. The standard InChI is InChI=1S/C21H19N3O2S3/c1-13-14(2)29-19-18(13)20(26)24(15-7-4-3-5-8-15)21(23-19)28-12-17(25)22-11-16-9-6-10-27-16/h3-10H,11-12H2,1-2H3,(H,22,25). The number of rotatable bonds is 6. The van der Waals surface area contributed by atoms with Gasteiger partial charge >= 0.3 is 0 Å². The Bertz CT molecular complexity index is 1210. The molecular weight excluding hydrogens is 422 g/mol. The summed E-state index contributed by atoms with van der Waals surface area (Å²) < 4.78 is 1.61. The number of hydrogen-bond acceptors (Lipinski definition) is 6. The van der Waals surface area contributed by atoms with Crippen molar-refractivity contribution in [2.75, 3.05) is 5.75 Å². The number of aromatic nitrogens is 2. The van der Waals surface area contributed by atoms with Crippen LogP contribution in [0, 0.1) is 13.8 Å². The Labute approximate surface area is 180 Å². The summed E-state index contributed by atoms with van der Waals surface area (Å²) in [6, 6.07) is 13.4. The molecule has 0 unspecified atom stereocenters. The van der Waals surface area contributed by atoms with E-state index in [2.05, 4.69) is 5.32 Å². The highest BCUT2D eigenvalue weighted by molar-refractivity contribution is 7.99. The first kappa shape index (κ1) is 19.9. The molecule has 0 saturated carbocycles. The van der Waals surface area contributed by atoms with Crippen LogP contribution >= 0.6 is 34.4 Å². The average Bonchev–Trinajstić information content (AvgIpc) is 3.34. The van der Waals surface area contributed by atoms with Gasteiger partial charge in [0.15, 0.2) is 5.16 Å². The number of nitrogens with one attached hydrogen (secondary N) is 1. The van der Waals surface area contributed by atoms with E-state index in [9.17, 15) is 9.59 Å². The number of nitrogens with zero attached hydrogens (tertiary/aromatic N) is 2. The summed E-state index contributed by atoms with van der Waals surface area (Å²) in [5.74, 6) is 0.107. The maximum absolute atomic E-state index is 13.3. The van der Waals surface area contributed by atoms with Crippen LogP contribution in [0.5, 0.6) is 0 Å². The maximum Gasteiger partial charge on any atom is 0.267 e. The fraction of sp³-hybridized carbons (Fsp3) is 0.190. The van der Waals surface area contributed by atoms with Crippen LogP contribution in [0.2, 0.25) is 0 Å². The molecule has 0 aliphatic rings. The van der Waals surface area contributed by atoms with Crippen molar-refractivity contribution in [3.8, 4) is 5.69 Å². The van der Waals surface area contributed by atoms with Gasteiger partial charge < -0.3 is 5.32 Å². The number of carbonyl (C=O) groups excluding carboxylic acids is 1. The first-order valence-electron chi connectivity index (χ1n) is 9.04. The number of para-hydroxylation sites is 1. The highest BCUT2D eigenvalue weighted by Crippen LogP contribution is 2.29. The molecular formula is C21H19N3O2S3. The summed E-state index contributed by atoms with van der Waals surface area (Å²) in [6.07, 6.45) is 0. The average molecular weight is 442 g/mol. The molecule has 148 valence electrons. The first-order valence-corrected chi connectivity index (χ1v) is 11.7. The molecule has 1 N–H and O–H groups in total. The highest BCUT2D eigenvalue weighted by atomic mass is 32.2. The summed E-state index contributed by atoms with van der Waals surface area (Å²) in [7, 11) is 0. The molecule has 0 radical (unpaired) electrons. The van der Waals surface area contributed by atoms with Gasteiger partial charge in [0.1, 0.15) is 4.83 Å². The van der Waals surface area contributed by atoms with Crippen molar-refractivity contribution < 1.29 is 4.79 Å². The summed E-state index contributed by atoms with van der Waals surface area (Å²) >= 11 is 4.41. The van der Waals surface area contributed by atoms with Crippen molar-refractivity contribution in [3.05, 3.63) is 73.5 Å². The molecule has 0 atom stereocenters. The summed E-state index contributed by atoms with van der Waals surface area (Å²) in [4.78, 5) is 33.3. The van der Waals surface area contributed by atoms with Gasteiger partial charge in [-0.05, 0) is 43.0 Å². The molecule has 1 aromatic carbocycles. The number of thioether (sulfide) groups is 1. The van der Waals surface area contributed by atoms with Crippen molar-refractivity contribution in [2.45, 2.75) is 25.5 Å². The van der Waals surface area contributed by atoms with Gasteiger partial charge in [0.25, 0.3) is 5.56 Å². The molecule has 29 heavy (non-hydrogen) atoms. The predicted octanol–water partition coefficient (Wildman–Crippen LogP) is 4.53. The van der Waals surface area contributed by atoms with Gasteiger partial charge in [-0.3, -0.25) is 14.2 Å². The van der Waals surface area contributed by atoms with Gasteiger partial charge in [0.2, 0.25) is 5.91 Å². The molecule has 8 heteroatoms. The van der Waals surface area contributed by atoms with Gasteiger partial charge in [0, 0.05) is 9.75 Å². The Balaban J connectivity index is 1.65. The SMILES string of the molecule is Cc1sc2nc(SCC(=O)NCc3cccs3)n(-c3ccccc3)c(=O)c2c1C. The van der Waals surface area contributed by atoms with E-state index in [4.69, 9.17) is 4.98 Å². The van der Waals surface area contributed by atoms with Gasteiger partial charge in [-0.2, -0.15) is 0 Å². The van der Waals surface area contributed by atoms with E-state index >= 15 is 0 Å². The van der Waals surface area contributed by atoms with E-state index in [0.717, 1.165) is 25.8 Å². The van der Waals surface area contributed by atoms with Crippen LogP contribution in [0.1, 0.15) is 15.3 Å². The van der Waals surface area contributed by atoms with Crippen molar-refractivity contribution in [1.29, 1.82) is 0 Å². The van der Waals surface area contributed by atoms with Gasteiger partial charge in [-0.1, -0.05) is 36.0 Å². The number of carbonyl (C=O) groups is 1. The Morgan fingerprint density at radius 1 is 1.17 bits per heavy atom. The second-order valence-electron chi connectivity index (χ2n) is 6.48. The third-order valence-corrected chi connectivity index (χ3v) is 7.47. The van der Waals surface area contributed by atoms with Crippen molar-refractivity contribution in [3.63, 3.8) is 0 Å². The van der Waals surface area contributed by atoms with Crippen LogP contribution in [0.15, 0.2) is 57.8 Å². The Kier molecular flexibility index (Phi) is 5.84. The predicted molar refractivity (Wildman–Crippen MR) is 122 cm³/mol. The number of aryl methyl sites for hydroxylation is 2. The lowest BCUT2D eigenvalue weighted by Crippen LogP contribution is -2.26. The topological polar surface area (TPSA) is 64.0 Å². The molecule has 0 saturated heterocycles. The highest BCUT2D eigenvalue weighted by Gasteiger charge is 2.18. The molecule has 0 fully saturated rings. The van der Waals surface area contributed by atoms with Crippen molar-refractivity contribution >= 4 is 50.6 Å². The van der Waals surface area contributed by atoms with E-state index in [0.29, 0.717) is 17.1 Å². The van der Waals surface area contributed by atoms with Crippen LogP contribution in [-0.2, 0) is 11.3 Å². The molecule has 0 spiro atoms. The number of fused-ring (bicyclic) bond motifs is 1. The third-order valence-electron chi connectivity index (χ3n) is 4.56. The maximum atomic E-state index is 13.3. The van der Waals surface area contributed by atoms with Crippen LogP contribution in [0.25, 0.3) is 15.9 Å². The molecule has 4 rings (SSSR count). The minimum absolute atomic E-state index is 0.0871. The number of amides is 1. The third kappa shape index (κ3) is 4.14. The molecule has 3 aromatic heterocycles. The van der Waals surface area contributed by atoms with Crippen LogP contribution < -0.4 is 10.9 Å². The zero-order valence-electron chi connectivity index (χ0n) is 16.0. The van der Waals surface area contributed by atoms with E-state index in [-0.39, 0.29) is 17.2 Å². The fourth-order valence-electron chi connectivity index (χ4n) is 2.96. The monoisotopic (exact) mass is 441 g/mol. The summed E-state index contributed by atoms with van der Waals surface area (Å²) in [5, 5.41) is 6.09. The van der Waals surface area contributed by atoms with Crippen molar-refractivity contribution in [1.82, 2.24) is 14.9 Å². The van der Waals surface area contributed by atoms with E-state index in [1.54, 1.807) is 15.9 Å². The molecule has 3 heterocycles. The number of benzene rings is 1. The lowest BCUT2D eigenvalue weighted by atomic mass is 10.2. The van der Waals surface area contributed by atoms with Crippen LogP contribution in [0.3, 0.4) is 0 Å². The quantitative estimate of drug-likeness (QED) is 0.353. The molecule has 5 nitrogen and oxygen atoms in total. The molecule has 0 bridgehead atoms. The summed E-state index contributed by atoms with van der Waals surface area (Å²) in [5.41, 5.74) is 1.62. The van der Waals surface area contributed by atoms with E-state index in [1.807, 2.05) is 61.7 Å². The number of hydrogen-bond donors (Lipinski definition) is 1. The molecule has 4 aromatic rings. The normalized spacial score (nSPS) is 11.1. The second-order valence-corrected chi connectivity index (χ2v) is 9.66. The second kappa shape index (κ2) is 8.52. The molecule has 1 amide bonds. The van der Waals surface area contributed by atoms with Gasteiger partial charge in [0.05, 0.1) is 23.4 Å². The Morgan fingerprint density at radius 2 is 1.97 bits per heavy atom. The Morgan fingerprint density at radius 3 is 2.69 bits per heavy atom. The van der Waals surface area contributed by atoms with Gasteiger partial charge in [-0.15, -0.1) is 22.7 Å². The fourth-order valence-corrected chi connectivity index (χ4v) is 5.51. The van der Waals surface area contributed by atoms with Gasteiger partial charge in [-0.25, -0.2) is 4.98 Å². The van der Waals surface area contributed by atoms with Crippen LogP contribution in [-0.4, -0.2) is 21.2 Å². The lowest BCUT2D eigenvalue weighted by molar-refractivity contribution is -0.118. The Hall–Kier alpha value is -2.42. The molecule has 0 aliphatic heterocycles. The minimum Gasteiger partial charge on any atom is -0.350 e. The van der Waals surface area contributed by atoms with E-state index < -0.39 is 0 Å². The van der Waals surface area contributed by atoms with Crippen molar-refractivity contribution in [2.24, 2.45) is 0 Å². The minimum atomic E-state index is -0.0930. The summed E-state index contributed by atoms with van der Waals surface area (Å²) in [6.45, 7) is 4.47. The smallest absolute Gasteiger partial charge is 0.267 e. The number of thiophene rings is 2. The zero-order valence-corrected chi connectivity index (χ0v) is 18.4. The first-order chi connectivity index (χ1) is 14.0. The lowest BCUT2D eigenvalue weighted by Gasteiger charge is -2.12. The van der Waals surface area contributed by atoms with Crippen LogP contribution in [0.4, 0.5) is 0 Å². The van der Waals surface area contributed by atoms with E-state index in [1.165, 1.54) is 23.1 Å².